The Morgan fingerprint density at radius 2 is 2.37 bits per heavy atom. The van der Waals surface area contributed by atoms with Crippen molar-refractivity contribution in [3.05, 3.63) is 17.5 Å². The maximum Gasteiger partial charge on any atom is 0.329 e. The van der Waals surface area contributed by atoms with Crippen LogP contribution in [0.1, 0.15) is 31.2 Å². The second kappa shape index (κ2) is 4.91. The first-order chi connectivity index (χ1) is 8.93. The van der Waals surface area contributed by atoms with Gasteiger partial charge in [0.1, 0.15) is 17.0 Å². The first kappa shape index (κ1) is 13.4. The van der Waals surface area contributed by atoms with Gasteiger partial charge in [-0.05, 0) is 26.7 Å². The van der Waals surface area contributed by atoms with Gasteiger partial charge in [-0.25, -0.2) is 9.59 Å². The number of aromatic nitrogens is 1. The minimum absolute atomic E-state index is 0.225. The van der Waals surface area contributed by atoms with Crippen molar-refractivity contribution in [2.45, 2.75) is 38.8 Å². The van der Waals surface area contributed by atoms with Gasteiger partial charge in [0.05, 0.1) is 6.54 Å². The van der Waals surface area contributed by atoms with Gasteiger partial charge >= 0.3 is 12.0 Å². The molecule has 0 aliphatic carbocycles. The number of carboxylic acids is 1. The molecule has 1 aromatic heterocycles. The maximum atomic E-state index is 12.0. The van der Waals surface area contributed by atoms with Gasteiger partial charge in [0.25, 0.3) is 0 Å². The van der Waals surface area contributed by atoms with E-state index in [1.165, 1.54) is 4.90 Å². The lowest BCUT2D eigenvalue weighted by Gasteiger charge is -2.31. The van der Waals surface area contributed by atoms with Crippen molar-refractivity contribution in [1.29, 1.82) is 0 Å². The number of carbonyl (C=O) groups is 2. The molecule has 1 unspecified atom stereocenters. The molecule has 1 aliphatic heterocycles. The highest BCUT2D eigenvalue weighted by atomic mass is 16.5. The smallest absolute Gasteiger partial charge is 0.329 e. The van der Waals surface area contributed by atoms with Gasteiger partial charge in [0, 0.05) is 12.6 Å². The highest BCUT2D eigenvalue weighted by Crippen LogP contribution is 2.29. The fourth-order valence-corrected chi connectivity index (χ4v) is 2.27. The molecule has 0 aromatic carbocycles. The van der Waals surface area contributed by atoms with Crippen LogP contribution in [0.5, 0.6) is 0 Å². The van der Waals surface area contributed by atoms with Crippen LogP contribution >= 0.6 is 0 Å². The largest absolute Gasteiger partial charge is 0.480 e. The Bertz CT molecular complexity index is 499. The summed E-state index contributed by atoms with van der Waals surface area (Å²) in [6, 6.07) is 1.34. The van der Waals surface area contributed by atoms with Crippen LogP contribution in [0.15, 0.2) is 10.6 Å². The van der Waals surface area contributed by atoms with E-state index >= 15 is 0 Å². The number of amides is 2. The van der Waals surface area contributed by atoms with E-state index in [1.54, 1.807) is 19.9 Å². The topological polar surface area (TPSA) is 95.7 Å². The van der Waals surface area contributed by atoms with Crippen LogP contribution in [0.4, 0.5) is 4.79 Å². The Kier molecular flexibility index (Phi) is 3.46. The Hall–Kier alpha value is -2.05. The van der Waals surface area contributed by atoms with Crippen LogP contribution in [0, 0.1) is 6.92 Å². The van der Waals surface area contributed by atoms with Crippen molar-refractivity contribution in [1.82, 2.24) is 15.4 Å². The number of carbonyl (C=O) groups excluding carboxylic acids is 1. The Labute approximate surface area is 110 Å². The predicted molar refractivity (Wildman–Crippen MR) is 65.5 cm³/mol. The first-order valence-corrected chi connectivity index (χ1v) is 6.14. The molecule has 104 valence electrons. The molecule has 2 rings (SSSR count). The predicted octanol–water partition coefficient (Wildman–Crippen LogP) is 1.13. The molecular weight excluding hydrogens is 250 g/mol. The summed E-state index contributed by atoms with van der Waals surface area (Å²) in [5, 5.41) is 15.7. The van der Waals surface area contributed by atoms with Crippen molar-refractivity contribution in [2.24, 2.45) is 0 Å². The molecule has 1 aromatic rings. The number of carboxylic acid groups (broad SMARTS) is 1. The van der Waals surface area contributed by atoms with Crippen molar-refractivity contribution in [2.75, 3.05) is 6.54 Å². The molecular formula is C12H17N3O4. The summed E-state index contributed by atoms with van der Waals surface area (Å²) in [5.74, 6) is -0.307. The lowest BCUT2D eigenvalue weighted by molar-refractivity contribution is -0.147. The summed E-state index contributed by atoms with van der Waals surface area (Å²) in [5.41, 5.74) is -0.508. The summed E-state index contributed by atoms with van der Waals surface area (Å²) in [7, 11) is 0. The van der Waals surface area contributed by atoms with E-state index in [-0.39, 0.29) is 12.6 Å². The van der Waals surface area contributed by atoms with Gasteiger partial charge in [-0.2, -0.15) is 0 Å². The molecule has 1 atom stereocenters. The number of urea groups is 1. The SMILES string of the molecule is Cc1cc(CNC(=O)N2CCCC2(C)C(=O)O)no1. The lowest BCUT2D eigenvalue weighted by Crippen LogP contribution is -2.53. The fourth-order valence-electron chi connectivity index (χ4n) is 2.27. The third kappa shape index (κ3) is 2.54. The highest BCUT2D eigenvalue weighted by molar-refractivity contribution is 5.86. The molecule has 2 amide bonds. The molecule has 1 aliphatic rings. The third-order valence-corrected chi connectivity index (χ3v) is 3.44. The molecule has 1 saturated heterocycles. The summed E-state index contributed by atoms with van der Waals surface area (Å²) in [4.78, 5) is 24.7. The van der Waals surface area contributed by atoms with E-state index < -0.39 is 11.5 Å². The van der Waals surface area contributed by atoms with Crippen molar-refractivity contribution in [3.8, 4) is 0 Å². The number of nitrogens with zero attached hydrogens (tertiary/aromatic N) is 2. The van der Waals surface area contributed by atoms with E-state index in [9.17, 15) is 14.7 Å². The molecule has 0 spiro atoms. The minimum atomic E-state index is -1.12. The molecule has 1 fully saturated rings. The monoisotopic (exact) mass is 267 g/mol. The average Bonchev–Trinajstić information content (AvgIpc) is 2.93. The lowest BCUT2D eigenvalue weighted by atomic mass is 10.00. The first-order valence-electron chi connectivity index (χ1n) is 6.14. The van der Waals surface area contributed by atoms with E-state index in [1.807, 2.05) is 0 Å². The molecule has 7 nitrogen and oxygen atoms in total. The van der Waals surface area contributed by atoms with Gasteiger partial charge in [-0.15, -0.1) is 0 Å². The third-order valence-electron chi connectivity index (χ3n) is 3.44. The van der Waals surface area contributed by atoms with Crippen molar-refractivity contribution >= 4 is 12.0 Å². The van der Waals surface area contributed by atoms with Crippen LogP contribution in [0.3, 0.4) is 0 Å². The van der Waals surface area contributed by atoms with Crippen LogP contribution in [-0.4, -0.2) is 39.2 Å². The molecule has 0 saturated carbocycles. The van der Waals surface area contributed by atoms with Gasteiger partial charge in [0.15, 0.2) is 0 Å². The second-order valence-electron chi connectivity index (χ2n) is 4.92. The zero-order chi connectivity index (χ0) is 14.0. The zero-order valence-electron chi connectivity index (χ0n) is 11.0. The summed E-state index contributed by atoms with van der Waals surface area (Å²) in [6.07, 6.45) is 1.16. The average molecular weight is 267 g/mol. The molecule has 7 heteroatoms. The number of nitrogens with one attached hydrogen (secondary N) is 1. The van der Waals surface area contributed by atoms with Crippen LogP contribution in [0.25, 0.3) is 0 Å². The normalized spacial score (nSPS) is 22.5. The molecule has 2 N–H and O–H groups in total. The van der Waals surface area contributed by atoms with Gasteiger partial charge in [0.2, 0.25) is 0 Å². The standard InChI is InChI=1S/C12H17N3O4/c1-8-6-9(14-19-8)7-13-11(18)15-5-3-4-12(15,2)10(16)17/h6H,3-5,7H2,1-2H3,(H,13,18)(H,16,17). The number of aryl methyl sites for hydroxylation is 1. The van der Waals surface area contributed by atoms with E-state index in [0.717, 1.165) is 0 Å². The van der Waals surface area contributed by atoms with Crippen LogP contribution in [0.2, 0.25) is 0 Å². The number of aliphatic carboxylic acids is 1. The Balaban J connectivity index is 1.98. The number of rotatable bonds is 3. The maximum absolute atomic E-state index is 12.0. The number of hydrogen-bond donors (Lipinski definition) is 2. The summed E-state index contributed by atoms with van der Waals surface area (Å²) < 4.78 is 4.89. The number of hydrogen-bond acceptors (Lipinski definition) is 4. The van der Waals surface area contributed by atoms with Gasteiger partial charge < -0.3 is 19.8 Å². The quantitative estimate of drug-likeness (QED) is 0.856. The van der Waals surface area contributed by atoms with Gasteiger partial charge in [-0.3, -0.25) is 0 Å². The second-order valence-corrected chi connectivity index (χ2v) is 4.92. The van der Waals surface area contributed by atoms with Gasteiger partial charge in [-0.1, -0.05) is 5.16 Å². The Morgan fingerprint density at radius 3 is 2.95 bits per heavy atom. The van der Waals surface area contributed by atoms with Crippen LogP contribution in [-0.2, 0) is 11.3 Å². The van der Waals surface area contributed by atoms with E-state index in [4.69, 9.17) is 4.52 Å². The van der Waals surface area contributed by atoms with Crippen molar-refractivity contribution in [3.63, 3.8) is 0 Å². The Morgan fingerprint density at radius 1 is 1.63 bits per heavy atom. The zero-order valence-corrected chi connectivity index (χ0v) is 11.0. The number of likely N-dealkylation sites (tertiary alicyclic amines) is 1. The molecule has 19 heavy (non-hydrogen) atoms. The van der Waals surface area contributed by atoms with Crippen LogP contribution < -0.4 is 5.32 Å². The van der Waals surface area contributed by atoms with Crippen molar-refractivity contribution < 1.29 is 19.2 Å². The molecule has 0 radical (unpaired) electrons. The minimum Gasteiger partial charge on any atom is -0.480 e. The fraction of sp³-hybridized carbons (Fsp3) is 0.583. The molecule has 2 heterocycles. The van der Waals surface area contributed by atoms with E-state index in [2.05, 4.69) is 10.5 Å². The molecule has 0 bridgehead atoms. The summed E-state index contributed by atoms with van der Waals surface area (Å²) in [6.45, 7) is 4.01. The van der Waals surface area contributed by atoms with E-state index in [0.29, 0.717) is 30.8 Å². The summed E-state index contributed by atoms with van der Waals surface area (Å²) >= 11 is 0. The highest BCUT2D eigenvalue weighted by Gasteiger charge is 2.45.